The van der Waals surface area contributed by atoms with Gasteiger partial charge in [-0.05, 0) is 16.7 Å². The zero-order valence-corrected chi connectivity index (χ0v) is 15.6. The van der Waals surface area contributed by atoms with Crippen LogP contribution < -0.4 is 0 Å². The van der Waals surface area contributed by atoms with E-state index in [1.807, 2.05) is 59.3 Å². The molecule has 0 aliphatic heterocycles. The van der Waals surface area contributed by atoms with Gasteiger partial charge in [-0.2, -0.15) is 5.10 Å². The molecule has 3 aromatic carbocycles. The number of allylic oxidation sites excluding steroid dienone is 1. The highest BCUT2D eigenvalue weighted by atomic mass is 16.3. The lowest BCUT2D eigenvalue weighted by Crippen LogP contribution is -2.39. The Kier molecular flexibility index (Phi) is 4.81. The average molecular weight is 366 g/mol. The zero-order chi connectivity index (χ0) is 19.4. The van der Waals surface area contributed by atoms with Gasteiger partial charge in [-0.1, -0.05) is 97.1 Å². The minimum Gasteiger partial charge on any atom is -0.504 e. The normalized spacial score (nSPS) is 11.3. The molecule has 0 aliphatic carbocycles. The van der Waals surface area contributed by atoms with Gasteiger partial charge in [0, 0.05) is 6.42 Å². The molecule has 4 rings (SSSR count). The van der Waals surface area contributed by atoms with Crippen LogP contribution >= 0.6 is 0 Å². The maximum absolute atomic E-state index is 10.5. The third-order valence-corrected chi connectivity index (χ3v) is 5.08. The highest BCUT2D eigenvalue weighted by Crippen LogP contribution is 2.42. The Hall–Kier alpha value is -3.59. The molecule has 0 aliphatic rings. The van der Waals surface area contributed by atoms with Gasteiger partial charge >= 0.3 is 0 Å². The number of hydrogen-bond donors (Lipinski definition) is 1. The summed E-state index contributed by atoms with van der Waals surface area (Å²) in [5, 5.41) is 15.2. The molecular weight excluding hydrogens is 344 g/mol. The van der Waals surface area contributed by atoms with E-state index in [4.69, 9.17) is 0 Å². The van der Waals surface area contributed by atoms with Crippen LogP contribution in [0.5, 0.6) is 5.75 Å². The van der Waals surface area contributed by atoms with E-state index in [0.717, 1.165) is 22.4 Å². The van der Waals surface area contributed by atoms with E-state index in [-0.39, 0.29) is 5.75 Å². The molecule has 0 saturated heterocycles. The van der Waals surface area contributed by atoms with E-state index in [2.05, 4.69) is 48.1 Å². The minimum atomic E-state index is -0.719. The number of aromatic nitrogens is 2. The van der Waals surface area contributed by atoms with Crippen molar-refractivity contribution in [1.29, 1.82) is 0 Å². The van der Waals surface area contributed by atoms with Crippen LogP contribution in [-0.2, 0) is 12.0 Å². The summed E-state index contributed by atoms with van der Waals surface area (Å²) in [6, 6.07) is 30.9. The topological polar surface area (TPSA) is 38.1 Å². The molecule has 0 fully saturated rings. The maximum atomic E-state index is 10.5. The summed E-state index contributed by atoms with van der Waals surface area (Å²) < 4.78 is 1.93. The fourth-order valence-electron chi connectivity index (χ4n) is 3.89. The van der Waals surface area contributed by atoms with Crippen LogP contribution in [0.1, 0.15) is 22.4 Å². The van der Waals surface area contributed by atoms with Crippen molar-refractivity contribution in [2.45, 2.75) is 12.0 Å². The molecule has 0 atom stereocenters. The number of benzene rings is 3. The quantitative estimate of drug-likeness (QED) is 0.378. The van der Waals surface area contributed by atoms with Gasteiger partial charge < -0.3 is 5.11 Å². The van der Waals surface area contributed by atoms with Crippen molar-refractivity contribution >= 4 is 0 Å². The summed E-state index contributed by atoms with van der Waals surface area (Å²) >= 11 is 0. The summed E-state index contributed by atoms with van der Waals surface area (Å²) in [6.45, 7) is 3.87. The van der Waals surface area contributed by atoms with E-state index < -0.39 is 5.54 Å². The van der Waals surface area contributed by atoms with Crippen molar-refractivity contribution in [3.8, 4) is 5.75 Å². The first-order valence-corrected chi connectivity index (χ1v) is 9.32. The van der Waals surface area contributed by atoms with Crippen molar-refractivity contribution in [3.63, 3.8) is 0 Å². The van der Waals surface area contributed by atoms with Crippen molar-refractivity contribution in [1.82, 2.24) is 9.78 Å². The predicted octanol–water partition coefficient (Wildman–Crippen LogP) is 5.16. The predicted molar refractivity (Wildman–Crippen MR) is 112 cm³/mol. The first-order chi connectivity index (χ1) is 13.8. The summed E-state index contributed by atoms with van der Waals surface area (Å²) in [5.74, 6) is 0.173. The molecule has 1 heterocycles. The van der Waals surface area contributed by atoms with Crippen LogP contribution in [0.25, 0.3) is 0 Å². The molecule has 138 valence electrons. The standard InChI is InChI=1S/C25H22N2O/c1-2-12-23-24(28)19-26-27(23)25(20-13-6-3-7-14-20,21-15-8-4-9-16-21)22-17-10-5-11-18-22/h2-11,13-19,28H,1,12H2. The van der Waals surface area contributed by atoms with Crippen molar-refractivity contribution in [2.75, 3.05) is 0 Å². The summed E-state index contributed by atoms with van der Waals surface area (Å²) in [7, 11) is 0. The van der Waals surface area contributed by atoms with Crippen LogP contribution in [0.3, 0.4) is 0 Å². The first kappa shape index (κ1) is 17.8. The molecule has 0 spiro atoms. The van der Waals surface area contributed by atoms with Crippen LogP contribution in [-0.4, -0.2) is 14.9 Å². The van der Waals surface area contributed by atoms with Crippen molar-refractivity contribution < 1.29 is 5.11 Å². The van der Waals surface area contributed by atoms with Gasteiger partial charge in [0.25, 0.3) is 0 Å². The fraction of sp³-hybridized carbons (Fsp3) is 0.0800. The second-order valence-electron chi connectivity index (χ2n) is 6.69. The van der Waals surface area contributed by atoms with Gasteiger partial charge in [0.1, 0.15) is 5.54 Å². The van der Waals surface area contributed by atoms with Crippen molar-refractivity contribution in [2.24, 2.45) is 0 Å². The molecule has 3 nitrogen and oxygen atoms in total. The van der Waals surface area contributed by atoms with Crippen LogP contribution in [0.15, 0.2) is 110 Å². The van der Waals surface area contributed by atoms with Gasteiger partial charge in [0.2, 0.25) is 0 Å². The molecule has 0 saturated carbocycles. The van der Waals surface area contributed by atoms with Crippen LogP contribution in [0.4, 0.5) is 0 Å². The van der Waals surface area contributed by atoms with Gasteiger partial charge in [0.05, 0.1) is 11.9 Å². The molecule has 0 bridgehead atoms. The number of aromatic hydroxyl groups is 1. The summed E-state index contributed by atoms with van der Waals surface area (Å²) in [5.41, 5.74) is 3.22. The second kappa shape index (κ2) is 7.57. The number of rotatable bonds is 6. The number of hydrogen-bond acceptors (Lipinski definition) is 2. The van der Waals surface area contributed by atoms with Gasteiger partial charge in [-0.25, -0.2) is 4.68 Å². The average Bonchev–Trinajstić information content (AvgIpc) is 3.12. The van der Waals surface area contributed by atoms with Gasteiger partial charge in [-0.3, -0.25) is 0 Å². The maximum Gasteiger partial charge on any atom is 0.157 e. The largest absolute Gasteiger partial charge is 0.504 e. The van der Waals surface area contributed by atoms with E-state index in [0.29, 0.717) is 6.42 Å². The molecular formula is C25H22N2O. The van der Waals surface area contributed by atoms with Gasteiger partial charge in [-0.15, -0.1) is 6.58 Å². The van der Waals surface area contributed by atoms with E-state index >= 15 is 0 Å². The Labute approximate surface area is 165 Å². The van der Waals surface area contributed by atoms with Crippen molar-refractivity contribution in [3.05, 3.63) is 132 Å². The number of nitrogens with zero attached hydrogens (tertiary/aromatic N) is 2. The lowest BCUT2D eigenvalue weighted by molar-refractivity contribution is 0.430. The fourth-order valence-corrected chi connectivity index (χ4v) is 3.89. The Bertz CT molecular complexity index is 957. The Morgan fingerprint density at radius 2 is 1.21 bits per heavy atom. The molecule has 0 amide bonds. The summed E-state index contributed by atoms with van der Waals surface area (Å²) in [4.78, 5) is 0. The molecule has 28 heavy (non-hydrogen) atoms. The summed E-state index contributed by atoms with van der Waals surface area (Å²) in [6.07, 6.45) is 3.82. The Morgan fingerprint density at radius 1 is 0.786 bits per heavy atom. The van der Waals surface area contributed by atoms with E-state index in [9.17, 15) is 5.11 Å². The zero-order valence-electron chi connectivity index (χ0n) is 15.6. The molecule has 4 aromatic rings. The highest BCUT2D eigenvalue weighted by molar-refractivity contribution is 5.51. The van der Waals surface area contributed by atoms with E-state index in [1.54, 1.807) is 6.08 Å². The smallest absolute Gasteiger partial charge is 0.157 e. The minimum absolute atomic E-state index is 0.173. The molecule has 1 aromatic heterocycles. The Balaban J connectivity index is 2.16. The highest BCUT2D eigenvalue weighted by Gasteiger charge is 2.40. The lowest BCUT2D eigenvalue weighted by atomic mass is 9.77. The monoisotopic (exact) mass is 366 g/mol. The van der Waals surface area contributed by atoms with Crippen LogP contribution in [0.2, 0.25) is 0 Å². The third-order valence-electron chi connectivity index (χ3n) is 5.08. The Morgan fingerprint density at radius 3 is 1.61 bits per heavy atom. The van der Waals surface area contributed by atoms with E-state index in [1.165, 1.54) is 6.20 Å². The van der Waals surface area contributed by atoms with Crippen LogP contribution in [0, 0.1) is 0 Å². The lowest BCUT2D eigenvalue weighted by Gasteiger charge is -2.37. The molecule has 0 radical (unpaired) electrons. The second-order valence-corrected chi connectivity index (χ2v) is 6.69. The molecule has 0 unspecified atom stereocenters. The first-order valence-electron chi connectivity index (χ1n) is 9.32. The van der Waals surface area contributed by atoms with Gasteiger partial charge in [0.15, 0.2) is 5.75 Å². The SMILES string of the molecule is C=CCc1c(O)cnn1C(c1ccccc1)(c1ccccc1)c1ccccc1. The molecule has 1 N–H and O–H groups in total. The third kappa shape index (κ3) is 2.81. The molecule has 3 heteroatoms.